The Balaban J connectivity index is 0. The van der Waals surface area contributed by atoms with E-state index >= 15 is 0 Å². The topological polar surface area (TPSA) is 0 Å². The maximum absolute atomic E-state index is 2.28. The zero-order chi connectivity index (χ0) is 3.41. The van der Waals surface area contributed by atoms with Crippen molar-refractivity contribution < 1.29 is 0 Å². The van der Waals surface area contributed by atoms with Gasteiger partial charge in [0.25, 0.3) is 0 Å². The first-order valence-corrected chi connectivity index (χ1v) is 8.57. The third-order valence-corrected chi connectivity index (χ3v) is 4.50. The second-order valence-electron chi connectivity index (χ2n) is 1.000. The lowest BCUT2D eigenvalue weighted by atomic mass is 11.0. The molecule has 0 aliphatic carbocycles. The lowest BCUT2D eigenvalue weighted by Gasteiger charge is -1.60. The molecule has 0 N–H and O–H groups in total. The molecule has 0 rings (SSSR count). The highest BCUT2D eigenvalue weighted by Crippen LogP contribution is 1.59. The first-order chi connectivity index (χ1) is 1.91. The number of hydrogen-bond donors (Lipinski definition) is 0. The second kappa shape index (κ2) is 8.99. The minimum atomic E-state index is 0. The molecule has 0 aromatic carbocycles. The van der Waals surface area contributed by atoms with Crippen LogP contribution in [0.5, 0.6) is 0 Å². The van der Waals surface area contributed by atoms with Crippen LogP contribution in [-0.2, 0) is 0 Å². The van der Waals surface area contributed by atoms with Crippen LogP contribution in [0.3, 0.4) is 0 Å². The summed E-state index contributed by atoms with van der Waals surface area (Å²) in [6.07, 6.45) is 0. The molecule has 30 valence electrons. The average Bonchev–Trinajstić information content (AvgIpc) is 1.37. The predicted octanol–water partition coefficient (Wildman–Crippen LogP) is -0.169. The summed E-state index contributed by atoms with van der Waals surface area (Å²) in [4.78, 5) is 0. The Labute approximate surface area is 51.4 Å². The summed E-state index contributed by atoms with van der Waals surface area (Å²) in [5.41, 5.74) is 0. The van der Waals surface area contributed by atoms with E-state index in [1.54, 1.807) is 0 Å². The molecule has 0 atom stereocenters. The van der Waals surface area contributed by atoms with Crippen LogP contribution in [0.15, 0.2) is 0 Å². The molecule has 0 amide bonds. The smallest absolute Gasteiger partial charge is 0.153 e. The minimum Gasteiger partial charge on any atom is -0.153 e. The van der Waals surface area contributed by atoms with Gasteiger partial charge >= 0.3 is 19.6 Å². The standard InChI is InChI=1S/C2H5.ClH.Mg.H3Si/c1-2;;;/h1H2,2H3;1H;;1H3. The van der Waals surface area contributed by atoms with Crippen LogP contribution in [-0.4, -0.2) is 27.5 Å². The van der Waals surface area contributed by atoms with Gasteiger partial charge in [-0.15, -0.1) is 20.3 Å². The highest BCUT2D eigenvalue weighted by Gasteiger charge is 1.69. The van der Waals surface area contributed by atoms with Crippen molar-refractivity contribution in [2.75, 3.05) is 0 Å². The van der Waals surface area contributed by atoms with Crippen molar-refractivity contribution in [2.24, 2.45) is 0 Å². The fourth-order valence-corrected chi connectivity index (χ4v) is 0. The quantitative estimate of drug-likeness (QED) is 0.422. The molecule has 0 unspecified atom stereocenters. The average molecular weight is 121 g/mol. The van der Waals surface area contributed by atoms with Crippen molar-refractivity contribution in [3.63, 3.8) is 0 Å². The van der Waals surface area contributed by atoms with E-state index in [4.69, 9.17) is 0 Å². The Morgan fingerprint density at radius 2 is 2.00 bits per heavy atom. The lowest BCUT2D eigenvalue weighted by molar-refractivity contribution is 1.47. The summed E-state index contributed by atoms with van der Waals surface area (Å²) in [5.74, 6) is 0. The summed E-state index contributed by atoms with van der Waals surface area (Å²) in [7, 11) is 1.53. The maximum Gasteiger partial charge on any atom is 0.349 e. The Morgan fingerprint density at radius 1 is 1.80 bits per heavy atom. The molecule has 5 heavy (non-hydrogen) atoms. The SMILES string of the molecule is C[CH2][Mg][SiH3].Cl. The van der Waals surface area contributed by atoms with E-state index in [1.807, 2.05) is 0 Å². The molecular weight excluding hydrogens is 112 g/mol. The van der Waals surface area contributed by atoms with Crippen molar-refractivity contribution in [3.8, 4) is 0 Å². The zero-order valence-electron chi connectivity index (χ0n) is 3.82. The summed E-state index contributed by atoms with van der Waals surface area (Å²) >= 11 is 0.563. The van der Waals surface area contributed by atoms with Crippen LogP contribution < -0.4 is 0 Å². The fraction of sp³-hybridized carbons (Fsp3) is 1.00. The van der Waals surface area contributed by atoms with Gasteiger partial charge in [-0.2, -0.15) is 4.55 Å². The highest BCUT2D eigenvalue weighted by molar-refractivity contribution is 6.89. The number of halogens is 1. The van der Waals surface area contributed by atoms with Gasteiger partial charge in [0.05, 0.1) is 0 Å². The molecule has 0 spiro atoms. The molecule has 0 aromatic heterocycles. The van der Waals surface area contributed by atoms with Gasteiger partial charge in [0.2, 0.25) is 0 Å². The third-order valence-electron chi connectivity index (χ3n) is 0.500. The fourth-order valence-electron chi connectivity index (χ4n) is 0. The first-order valence-electron chi connectivity index (χ1n) is 1.91. The molecule has 0 aliphatic heterocycles. The van der Waals surface area contributed by atoms with E-state index in [0.29, 0.717) is 19.6 Å². The van der Waals surface area contributed by atoms with E-state index in [-0.39, 0.29) is 12.4 Å². The van der Waals surface area contributed by atoms with Crippen LogP contribution in [0.1, 0.15) is 6.92 Å². The molecule has 3 heteroatoms. The molecule has 0 nitrogen and oxygen atoms in total. The largest absolute Gasteiger partial charge is 0.349 e. The van der Waals surface area contributed by atoms with E-state index in [0.717, 1.165) is 0 Å². The van der Waals surface area contributed by atoms with Gasteiger partial charge in [-0.1, -0.05) is 6.92 Å². The van der Waals surface area contributed by atoms with E-state index in [2.05, 4.69) is 6.92 Å². The van der Waals surface area contributed by atoms with Crippen LogP contribution in [0.4, 0.5) is 0 Å². The Bertz CT molecular complexity index is 11.6. The van der Waals surface area contributed by atoms with E-state index in [1.165, 1.54) is 12.4 Å². The minimum absolute atomic E-state index is 0. The summed E-state index contributed by atoms with van der Waals surface area (Å²) in [6, 6.07) is 0. The molecule has 0 radical (unpaired) electrons. The van der Waals surface area contributed by atoms with E-state index < -0.39 is 0 Å². The Hall–Kier alpha value is 1.27. The van der Waals surface area contributed by atoms with Gasteiger partial charge in [0.15, 0.2) is 0 Å². The molecule has 0 aliphatic rings. The molecule has 0 bridgehead atoms. The second-order valence-corrected chi connectivity index (χ2v) is 6.00. The van der Waals surface area contributed by atoms with Gasteiger partial charge in [0.1, 0.15) is 0 Å². The van der Waals surface area contributed by atoms with Crippen molar-refractivity contribution in [3.05, 3.63) is 0 Å². The zero-order valence-corrected chi connectivity index (χ0v) is 8.05. The van der Waals surface area contributed by atoms with Crippen LogP contribution in [0.2, 0.25) is 4.55 Å². The maximum atomic E-state index is 2.28. The normalized spacial score (nSPS) is 5.00. The van der Waals surface area contributed by atoms with Crippen LogP contribution in [0, 0.1) is 0 Å². The van der Waals surface area contributed by atoms with Crippen molar-refractivity contribution in [1.82, 2.24) is 0 Å². The Morgan fingerprint density at radius 3 is 2.00 bits per heavy atom. The number of hydrogen-bond acceptors (Lipinski definition) is 0. The summed E-state index contributed by atoms with van der Waals surface area (Å²) in [5, 5.41) is 0. The monoisotopic (exact) mass is 120 g/mol. The van der Waals surface area contributed by atoms with Gasteiger partial charge in [0, 0.05) is 0 Å². The molecule has 0 fully saturated rings. The van der Waals surface area contributed by atoms with Crippen LogP contribution >= 0.6 is 12.4 Å². The highest BCUT2D eigenvalue weighted by atomic mass is 35.5. The predicted molar refractivity (Wildman–Crippen MR) is 33.4 cm³/mol. The van der Waals surface area contributed by atoms with Crippen LogP contribution in [0.25, 0.3) is 0 Å². The molecule has 0 saturated carbocycles. The van der Waals surface area contributed by atoms with Crippen molar-refractivity contribution in [1.29, 1.82) is 0 Å². The summed E-state index contributed by atoms with van der Waals surface area (Å²) in [6.45, 7) is 2.28. The van der Waals surface area contributed by atoms with Gasteiger partial charge in [-0.05, 0) is 0 Å². The van der Waals surface area contributed by atoms with Gasteiger partial charge in [-0.25, -0.2) is 0 Å². The Kier molecular flexibility index (Phi) is 17.2. The van der Waals surface area contributed by atoms with Crippen molar-refractivity contribution in [2.45, 2.75) is 11.5 Å². The summed E-state index contributed by atoms with van der Waals surface area (Å²) < 4.78 is 1.52. The molecule has 0 saturated heterocycles. The van der Waals surface area contributed by atoms with Gasteiger partial charge in [-0.3, -0.25) is 0 Å². The lowest BCUT2D eigenvalue weighted by Crippen LogP contribution is -1.78. The van der Waals surface area contributed by atoms with Crippen molar-refractivity contribution >= 4 is 39.9 Å². The molecule has 0 aromatic rings. The van der Waals surface area contributed by atoms with Gasteiger partial charge < -0.3 is 0 Å². The van der Waals surface area contributed by atoms with E-state index in [9.17, 15) is 0 Å². The third kappa shape index (κ3) is 10.9. The molecule has 0 heterocycles. The number of rotatable bonds is 1. The first kappa shape index (κ1) is 9.55. The molecular formula is C2H9ClMgSi.